The fourth-order valence-electron chi connectivity index (χ4n) is 3.11. The van der Waals surface area contributed by atoms with E-state index in [9.17, 15) is 50.4 Å². The molecule has 0 radical (unpaired) electrons. The molecular formula is C16H24O15. The molecule has 0 aromatic heterocycles. The molecular weight excluding hydrogens is 432 g/mol. The van der Waals surface area contributed by atoms with Gasteiger partial charge in [0.2, 0.25) is 5.79 Å². The molecule has 15 heteroatoms. The Kier molecular flexibility index (Phi) is 8.06. The average Bonchev–Trinajstić information content (AvgIpc) is 2.98. The molecule has 31 heavy (non-hydrogen) atoms. The van der Waals surface area contributed by atoms with Crippen LogP contribution in [0.4, 0.5) is 0 Å². The maximum absolute atomic E-state index is 12.1. The number of aliphatic carboxylic acids is 1. The molecule has 9 N–H and O–H groups in total. The smallest absolute Gasteiger partial charge is 0.362 e. The topological polar surface area (TPSA) is 253 Å². The van der Waals surface area contributed by atoms with E-state index in [4.69, 9.17) is 24.1 Å². The summed E-state index contributed by atoms with van der Waals surface area (Å²) >= 11 is 0. The van der Waals surface area contributed by atoms with Crippen LogP contribution in [0.2, 0.25) is 0 Å². The molecule has 0 amide bonds. The Morgan fingerprint density at radius 3 is 1.90 bits per heavy atom. The number of ether oxygens (including phenoxy) is 4. The quantitative estimate of drug-likeness (QED) is 0.0936. The molecule has 2 rings (SSSR count). The number of rotatable bonds is 8. The molecule has 2 aliphatic rings. The lowest BCUT2D eigenvalue weighted by Gasteiger charge is -2.49. The number of hydrogen-bond acceptors (Lipinski definition) is 14. The predicted molar refractivity (Wildman–Crippen MR) is 90.5 cm³/mol. The molecule has 2 heterocycles. The van der Waals surface area contributed by atoms with E-state index in [-0.39, 0.29) is 0 Å². The number of carbonyl (C=O) groups is 2. The zero-order chi connectivity index (χ0) is 23.6. The van der Waals surface area contributed by atoms with E-state index in [0.29, 0.717) is 12.2 Å². The Morgan fingerprint density at radius 1 is 0.839 bits per heavy atom. The highest BCUT2D eigenvalue weighted by atomic mass is 16.9. The fourth-order valence-corrected chi connectivity index (χ4v) is 3.11. The molecule has 15 nitrogen and oxygen atoms in total. The van der Waals surface area contributed by atoms with Gasteiger partial charge < -0.3 is 60.2 Å². The third-order valence-electron chi connectivity index (χ3n) is 4.74. The molecule has 178 valence electrons. The van der Waals surface area contributed by atoms with Crippen LogP contribution in [-0.2, 0) is 28.5 Å². The number of carboxylic acids is 1. The first-order valence-electron chi connectivity index (χ1n) is 8.89. The molecule has 0 aromatic rings. The summed E-state index contributed by atoms with van der Waals surface area (Å²) in [4.78, 5) is 22.7. The Bertz CT molecular complexity index is 682. The Labute approximate surface area is 173 Å². The van der Waals surface area contributed by atoms with Gasteiger partial charge in [0.05, 0.1) is 13.2 Å². The summed E-state index contributed by atoms with van der Waals surface area (Å²) in [5, 5.41) is 87.8. The summed E-state index contributed by atoms with van der Waals surface area (Å²) in [6.45, 7) is -3.14. The fraction of sp³-hybridized carbons (Fsp3) is 0.750. The maximum Gasteiger partial charge on any atom is 0.362 e. The van der Waals surface area contributed by atoms with Gasteiger partial charge in [-0.05, 0) is 0 Å². The first-order chi connectivity index (χ1) is 14.5. The molecule has 2 saturated heterocycles. The van der Waals surface area contributed by atoms with Crippen molar-refractivity contribution in [1.82, 2.24) is 0 Å². The predicted octanol–water partition coefficient (Wildman–Crippen LogP) is -5.88. The first-order valence-corrected chi connectivity index (χ1v) is 8.89. The zero-order valence-corrected chi connectivity index (χ0v) is 15.8. The van der Waals surface area contributed by atoms with Gasteiger partial charge in [0.15, 0.2) is 6.10 Å². The van der Waals surface area contributed by atoms with Gasteiger partial charge in [-0.15, -0.1) is 0 Å². The molecule has 0 saturated carbocycles. The lowest BCUT2D eigenvalue weighted by molar-refractivity contribution is -0.497. The third kappa shape index (κ3) is 4.86. The van der Waals surface area contributed by atoms with Gasteiger partial charge in [-0.1, -0.05) is 0 Å². The van der Waals surface area contributed by atoms with Crippen molar-refractivity contribution in [2.45, 2.75) is 54.5 Å². The first kappa shape index (κ1) is 25.5. The van der Waals surface area contributed by atoms with Crippen LogP contribution in [-0.4, -0.2) is 132 Å². The van der Waals surface area contributed by atoms with E-state index in [0.717, 1.165) is 0 Å². The van der Waals surface area contributed by atoms with Crippen molar-refractivity contribution in [1.29, 1.82) is 0 Å². The summed E-state index contributed by atoms with van der Waals surface area (Å²) in [5.74, 6) is -8.98. The van der Waals surface area contributed by atoms with Crippen LogP contribution in [0.25, 0.3) is 0 Å². The van der Waals surface area contributed by atoms with Crippen LogP contribution in [0.3, 0.4) is 0 Å². The van der Waals surface area contributed by atoms with Crippen molar-refractivity contribution in [3.8, 4) is 0 Å². The van der Waals surface area contributed by atoms with Crippen molar-refractivity contribution in [3.63, 3.8) is 0 Å². The maximum atomic E-state index is 12.1. The van der Waals surface area contributed by atoms with Gasteiger partial charge in [-0.3, -0.25) is 4.74 Å². The van der Waals surface area contributed by atoms with Crippen molar-refractivity contribution in [2.75, 3.05) is 19.8 Å². The summed E-state index contributed by atoms with van der Waals surface area (Å²) in [7, 11) is 0. The van der Waals surface area contributed by atoms with E-state index in [1.54, 1.807) is 0 Å². The van der Waals surface area contributed by atoms with E-state index < -0.39 is 86.2 Å². The summed E-state index contributed by atoms with van der Waals surface area (Å²) < 4.78 is 20.4. The van der Waals surface area contributed by atoms with Gasteiger partial charge in [0.1, 0.15) is 43.2 Å². The van der Waals surface area contributed by atoms with Gasteiger partial charge in [0, 0.05) is 12.2 Å². The second kappa shape index (κ2) is 9.80. The number of esters is 1. The molecule has 0 aromatic carbocycles. The molecule has 9 atom stereocenters. The Hall–Kier alpha value is -1.76. The number of hydrogen-bond donors (Lipinski definition) is 9. The normalized spacial score (nSPS) is 43.3. The van der Waals surface area contributed by atoms with Crippen molar-refractivity contribution in [3.05, 3.63) is 12.2 Å². The molecule has 2 fully saturated rings. The minimum Gasteiger partial charge on any atom is -0.478 e. The van der Waals surface area contributed by atoms with Gasteiger partial charge in [-0.25, -0.2) is 9.59 Å². The van der Waals surface area contributed by atoms with Crippen LogP contribution in [0.5, 0.6) is 0 Å². The molecule has 0 spiro atoms. The molecule has 0 bridgehead atoms. The van der Waals surface area contributed by atoms with Crippen LogP contribution < -0.4 is 0 Å². The summed E-state index contributed by atoms with van der Waals surface area (Å²) in [6, 6.07) is 0. The average molecular weight is 456 g/mol. The second-order valence-electron chi connectivity index (χ2n) is 6.81. The van der Waals surface area contributed by atoms with Gasteiger partial charge in [0.25, 0.3) is 0 Å². The largest absolute Gasteiger partial charge is 0.478 e. The minimum atomic E-state index is -3.19. The third-order valence-corrected chi connectivity index (χ3v) is 4.74. The van der Waals surface area contributed by atoms with Crippen molar-refractivity contribution < 1.29 is 74.5 Å². The highest BCUT2D eigenvalue weighted by molar-refractivity contribution is 5.90. The summed E-state index contributed by atoms with van der Waals surface area (Å²) in [6.07, 6.45) is -13.1. The second-order valence-corrected chi connectivity index (χ2v) is 6.81. The molecule has 2 aliphatic heterocycles. The number of aliphatic hydroxyl groups is 8. The SMILES string of the molecule is O=C(O)/C=C/C(=O)O[C@@]1(OC2(CO)O[C@H](CO)[C@@H](O)[C@@H]2O)O[C@H](CO)[C@@H](O)[C@H](O)[C@H]1O. The van der Waals surface area contributed by atoms with Crippen LogP contribution in [0.1, 0.15) is 0 Å². The van der Waals surface area contributed by atoms with E-state index in [1.165, 1.54) is 0 Å². The molecule has 1 unspecified atom stereocenters. The van der Waals surface area contributed by atoms with Crippen LogP contribution >= 0.6 is 0 Å². The Balaban J connectivity index is 2.49. The van der Waals surface area contributed by atoms with Gasteiger partial charge >= 0.3 is 17.9 Å². The highest BCUT2D eigenvalue weighted by Gasteiger charge is 2.65. The van der Waals surface area contributed by atoms with E-state index in [2.05, 4.69) is 0 Å². The monoisotopic (exact) mass is 456 g/mol. The van der Waals surface area contributed by atoms with Crippen molar-refractivity contribution in [2.24, 2.45) is 0 Å². The lowest BCUT2D eigenvalue weighted by atomic mass is 9.97. The van der Waals surface area contributed by atoms with E-state index >= 15 is 0 Å². The van der Waals surface area contributed by atoms with Crippen LogP contribution in [0.15, 0.2) is 12.2 Å². The van der Waals surface area contributed by atoms with E-state index in [1.807, 2.05) is 0 Å². The number of carbonyl (C=O) groups excluding carboxylic acids is 1. The highest BCUT2D eigenvalue weighted by Crippen LogP contribution is 2.41. The van der Waals surface area contributed by atoms with Crippen LogP contribution in [0, 0.1) is 0 Å². The standard InChI is InChI=1S/C16H24O15/c17-3-6-10(23)12(25)14(27)16(29-6,30-9(22)2-1-8(20)21)31-15(5-19)13(26)11(24)7(4-18)28-15/h1-2,6-7,10-14,17-19,23-27H,3-5H2,(H,20,21)/b2-1+/t6-,7-,10-,11-,12+,13+,14-,15?,16+/m1/s1. The lowest BCUT2D eigenvalue weighted by Crippen LogP contribution is -2.70. The number of aliphatic hydroxyl groups excluding tert-OH is 8. The van der Waals surface area contributed by atoms with Gasteiger partial charge in [-0.2, -0.15) is 0 Å². The minimum absolute atomic E-state index is 0.342. The molecule has 0 aliphatic carbocycles. The van der Waals surface area contributed by atoms with Crippen molar-refractivity contribution >= 4 is 11.9 Å². The summed E-state index contributed by atoms with van der Waals surface area (Å²) in [5.41, 5.74) is 0. The number of carboxylic acid groups (broad SMARTS) is 1. The Morgan fingerprint density at radius 2 is 1.42 bits per heavy atom. The zero-order valence-electron chi connectivity index (χ0n) is 15.8.